The van der Waals surface area contributed by atoms with Gasteiger partial charge in [0.1, 0.15) is 0 Å². The van der Waals surface area contributed by atoms with Crippen molar-refractivity contribution in [1.82, 2.24) is 0 Å². The summed E-state index contributed by atoms with van der Waals surface area (Å²) in [6.45, 7) is 2.05. The number of hydrogen-bond donors (Lipinski definition) is 1. The summed E-state index contributed by atoms with van der Waals surface area (Å²) in [5.41, 5.74) is 2.11. The molecule has 0 spiro atoms. The third-order valence-electron chi connectivity index (χ3n) is 3.05. The van der Waals surface area contributed by atoms with Gasteiger partial charge in [-0.15, -0.1) is 0 Å². The van der Waals surface area contributed by atoms with Gasteiger partial charge in [0.05, 0.1) is 4.90 Å². The fourth-order valence-corrected chi connectivity index (χ4v) is 3.22. The highest BCUT2D eigenvalue weighted by Crippen LogP contribution is 2.26. The first-order valence-corrected chi connectivity index (χ1v) is 9.01. The Morgan fingerprint density at radius 1 is 1.21 bits per heavy atom. The lowest BCUT2D eigenvalue weighted by Gasteiger charge is -2.09. The Labute approximate surface area is 126 Å². The number of fused-ring (bicyclic) bond motifs is 1. The average molecular weight is 390 g/mol. The first-order chi connectivity index (χ1) is 8.95. The first-order valence-electron chi connectivity index (χ1n) is 6.04. The quantitative estimate of drug-likeness (QED) is 0.488. The summed E-state index contributed by atoms with van der Waals surface area (Å²) in [4.78, 5) is -0.0194. The lowest BCUT2D eigenvalue weighted by Crippen LogP contribution is -2.00. The molecule has 0 aliphatic heterocycles. The molecular formula is C14H15IO3S. The van der Waals surface area contributed by atoms with Gasteiger partial charge in [-0.3, -0.25) is 4.55 Å². The van der Waals surface area contributed by atoms with Crippen molar-refractivity contribution in [3.8, 4) is 0 Å². The SMILES string of the molecule is CCCc1cc(S(=O)(=O)O)cc2cc(CI)ccc12. The zero-order valence-corrected chi connectivity index (χ0v) is 13.5. The third kappa shape index (κ3) is 3.27. The lowest BCUT2D eigenvalue weighted by molar-refractivity contribution is 0.483. The molecular weight excluding hydrogens is 375 g/mol. The molecule has 0 bridgehead atoms. The Morgan fingerprint density at radius 2 is 1.95 bits per heavy atom. The maximum absolute atomic E-state index is 11.3. The van der Waals surface area contributed by atoms with E-state index in [0.29, 0.717) is 0 Å². The molecule has 0 aromatic heterocycles. The molecule has 19 heavy (non-hydrogen) atoms. The van der Waals surface area contributed by atoms with Crippen LogP contribution in [0.3, 0.4) is 0 Å². The highest BCUT2D eigenvalue weighted by Gasteiger charge is 2.13. The monoisotopic (exact) mass is 390 g/mol. The van der Waals surface area contributed by atoms with Gasteiger partial charge in [-0.25, -0.2) is 0 Å². The molecule has 0 amide bonds. The van der Waals surface area contributed by atoms with Crippen LogP contribution in [0.1, 0.15) is 24.5 Å². The van der Waals surface area contributed by atoms with Crippen LogP contribution in [0.5, 0.6) is 0 Å². The molecule has 5 heteroatoms. The second-order valence-electron chi connectivity index (χ2n) is 4.50. The van der Waals surface area contributed by atoms with E-state index < -0.39 is 10.1 Å². The van der Waals surface area contributed by atoms with E-state index in [4.69, 9.17) is 0 Å². The van der Waals surface area contributed by atoms with Gasteiger partial charge in [-0.1, -0.05) is 54.1 Å². The summed E-state index contributed by atoms with van der Waals surface area (Å²) in [5.74, 6) is 0. The minimum absolute atomic E-state index is 0.0194. The van der Waals surface area contributed by atoms with Crippen molar-refractivity contribution in [3.05, 3.63) is 41.5 Å². The van der Waals surface area contributed by atoms with Crippen LogP contribution < -0.4 is 0 Å². The smallest absolute Gasteiger partial charge is 0.282 e. The van der Waals surface area contributed by atoms with E-state index in [0.717, 1.165) is 39.2 Å². The number of halogens is 1. The van der Waals surface area contributed by atoms with Gasteiger partial charge in [0.2, 0.25) is 0 Å². The summed E-state index contributed by atoms with van der Waals surface area (Å²) in [7, 11) is -4.16. The Morgan fingerprint density at radius 3 is 2.53 bits per heavy atom. The predicted octanol–water partition coefficient (Wildman–Crippen LogP) is 3.97. The van der Waals surface area contributed by atoms with Crippen LogP contribution in [0, 0.1) is 0 Å². The lowest BCUT2D eigenvalue weighted by atomic mass is 10.00. The predicted molar refractivity (Wildman–Crippen MR) is 85.5 cm³/mol. The van der Waals surface area contributed by atoms with Gasteiger partial charge in [0.25, 0.3) is 10.1 Å². The van der Waals surface area contributed by atoms with Gasteiger partial charge >= 0.3 is 0 Å². The Bertz CT molecular complexity index is 708. The molecule has 2 aromatic rings. The van der Waals surface area contributed by atoms with Crippen molar-refractivity contribution in [1.29, 1.82) is 0 Å². The molecule has 0 radical (unpaired) electrons. The fourth-order valence-electron chi connectivity index (χ4n) is 2.18. The maximum atomic E-state index is 11.3. The topological polar surface area (TPSA) is 54.4 Å². The number of rotatable bonds is 4. The molecule has 3 nitrogen and oxygen atoms in total. The van der Waals surface area contributed by atoms with Crippen LogP contribution >= 0.6 is 22.6 Å². The van der Waals surface area contributed by atoms with E-state index >= 15 is 0 Å². The normalized spacial score (nSPS) is 11.9. The van der Waals surface area contributed by atoms with E-state index in [2.05, 4.69) is 28.7 Å². The first kappa shape index (κ1) is 14.7. The van der Waals surface area contributed by atoms with E-state index in [-0.39, 0.29) is 4.90 Å². The van der Waals surface area contributed by atoms with E-state index in [1.165, 1.54) is 0 Å². The third-order valence-corrected chi connectivity index (χ3v) is 4.76. The van der Waals surface area contributed by atoms with Crippen molar-refractivity contribution >= 4 is 43.5 Å². The Hall–Kier alpha value is -0.660. The van der Waals surface area contributed by atoms with Crippen LogP contribution in [-0.4, -0.2) is 13.0 Å². The molecule has 0 saturated heterocycles. The molecule has 0 heterocycles. The minimum Gasteiger partial charge on any atom is -0.282 e. The van der Waals surface area contributed by atoms with Gasteiger partial charge in [0.15, 0.2) is 0 Å². The van der Waals surface area contributed by atoms with Gasteiger partial charge in [0, 0.05) is 4.43 Å². The number of aryl methyl sites for hydroxylation is 1. The summed E-state index contributed by atoms with van der Waals surface area (Å²) in [6.07, 6.45) is 1.72. The van der Waals surface area contributed by atoms with Crippen LogP contribution in [-0.2, 0) is 21.0 Å². The molecule has 0 atom stereocenters. The van der Waals surface area contributed by atoms with Crippen molar-refractivity contribution < 1.29 is 13.0 Å². The molecule has 1 N–H and O–H groups in total. The highest BCUT2D eigenvalue weighted by molar-refractivity contribution is 14.1. The maximum Gasteiger partial charge on any atom is 0.294 e. The molecule has 0 aliphatic carbocycles. The van der Waals surface area contributed by atoms with Crippen LogP contribution in [0.4, 0.5) is 0 Å². The van der Waals surface area contributed by atoms with Gasteiger partial charge in [-0.2, -0.15) is 8.42 Å². The van der Waals surface area contributed by atoms with Crippen molar-refractivity contribution in [2.45, 2.75) is 29.1 Å². The molecule has 2 aromatic carbocycles. The van der Waals surface area contributed by atoms with Crippen LogP contribution in [0.2, 0.25) is 0 Å². The molecule has 0 aliphatic rings. The van der Waals surface area contributed by atoms with Crippen molar-refractivity contribution in [3.63, 3.8) is 0 Å². The Balaban J connectivity index is 2.75. The van der Waals surface area contributed by atoms with Gasteiger partial charge in [-0.05, 0) is 40.5 Å². The molecule has 2 rings (SSSR count). The molecule has 0 saturated carbocycles. The zero-order valence-electron chi connectivity index (χ0n) is 10.6. The minimum atomic E-state index is -4.16. The molecule has 0 fully saturated rings. The number of alkyl halides is 1. The second kappa shape index (κ2) is 5.76. The van der Waals surface area contributed by atoms with E-state index in [1.807, 2.05) is 19.1 Å². The standard InChI is InChI=1S/C14H15IO3S/c1-2-3-11-7-13(19(16,17)18)8-12-6-10(9-15)4-5-14(11)12/h4-8H,2-3,9H2,1H3,(H,16,17,18). The van der Waals surface area contributed by atoms with E-state index in [1.54, 1.807) is 12.1 Å². The zero-order chi connectivity index (χ0) is 14.0. The number of hydrogen-bond acceptors (Lipinski definition) is 2. The number of benzene rings is 2. The average Bonchev–Trinajstić information content (AvgIpc) is 2.37. The largest absolute Gasteiger partial charge is 0.294 e. The van der Waals surface area contributed by atoms with Crippen LogP contribution in [0.15, 0.2) is 35.2 Å². The molecule has 0 unspecified atom stereocenters. The van der Waals surface area contributed by atoms with Crippen molar-refractivity contribution in [2.24, 2.45) is 0 Å². The van der Waals surface area contributed by atoms with E-state index in [9.17, 15) is 13.0 Å². The summed E-state index contributed by atoms with van der Waals surface area (Å²) < 4.78 is 32.8. The van der Waals surface area contributed by atoms with Gasteiger partial charge < -0.3 is 0 Å². The second-order valence-corrected chi connectivity index (χ2v) is 6.68. The summed E-state index contributed by atoms with van der Waals surface area (Å²) >= 11 is 2.27. The summed E-state index contributed by atoms with van der Waals surface area (Å²) in [6, 6.07) is 9.18. The summed E-state index contributed by atoms with van der Waals surface area (Å²) in [5, 5.41) is 1.93. The Kier molecular flexibility index (Phi) is 4.47. The van der Waals surface area contributed by atoms with Crippen LogP contribution in [0.25, 0.3) is 10.8 Å². The fraction of sp³-hybridized carbons (Fsp3) is 0.286. The molecule has 102 valence electrons. The highest BCUT2D eigenvalue weighted by atomic mass is 127. The van der Waals surface area contributed by atoms with Crippen molar-refractivity contribution in [2.75, 3.05) is 0 Å².